The van der Waals surface area contributed by atoms with Crippen LogP contribution >= 0.6 is 7.82 Å². The number of esters is 2. The molecule has 0 saturated carbocycles. The number of nitrogens with zero attached hydrogens (tertiary/aromatic N) is 1. The summed E-state index contributed by atoms with van der Waals surface area (Å²) in [6, 6.07) is 0. The Morgan fingerprint density at radius 3 is 1.11 bits per heavy atom. The van der Waals surface area contributed by atoms with E-state index >= 15 is 0 Å². The van der Waals surface area contributed by atoms with Gasteiger partial charge in [-0.25, -0.2) is 4.57 Å². The van der Waals surface area contributed by atoms with Crippen LogP contribution in [0.2, 0.25) is 0 Å². The Hall–Kier alpha value is -2.29. The van der Waals surface area contributed by atoms with Gasteiger partial charge in [0.05, 0.1) is 27.7 Å². The fourth-order valence-electron chi connectivity index (χ4n) is 9.17. The predicted octanol–water partition coefficient (Wildman–Crippen LogP) is 20.3. The number of hydrogen-bond donors (Lipinski definition) is 1. The van der Waals surface area contributed by atoms with E-state index in [0.717, 1.165) is 51.4 Å². The van der Waals surface area contributed by atoms with Gasteiger partial charge in [0.1, 0.15) is 19.8 Å². The summed E-state index contributed by atoms with van der Waals surface area (Å²) in [4.78, 5) is 35.7. The van der Waals surface area contributed by atoms with Crippen molar-refractivity contribution in [1.82, 2.24) is 0 Å². The topological polar surface area (TPSA) is 108 Å². The van der Waals surface area contributed by atoms with Gasteiger partial charge in [0, 0.05) is 12.8 Å². The van der Waals surface area contributed by atoms with Gasteiger partial charge >= 0.3 is 19.8 Å². The zero-order valence-electron chi connectivity index (χ0n) is 50.5. The number of unbranched alkanes of at least 4 members (excludes halogenated alkanes) is 35. The van der Waals surface area contributed by atoms with E-state index in [2.05, 4.69) is 74.6 Å². The maximum atomic E-state index is 12.8. The number of carbonyl (C=O) groups is 2. The highest BCUT2D eigenvalue weighted by Gasteiger charge is 2.27. The molecule has 444 valence electrons. The van der Waals surface area contributed by atoms with Gasteiger partial charge < -0.3 is 18.9 Å². The fraction of sp³-hybridized carbons (Fsp3) is 0.818. The lowest BCUT2D eigenvalue weighted by atomic mass is 10.0. The van der Waals surface area contributed by atoms with Crippen LogP contribution in [0.25, 0.3) is 0 Å². The lowest BCUT2D eigenvalue weighted by Crippen LogP contribution is -2.37. The molecule has 0 aromatic rings. The molecule has 0 aliphatic carbocycles. The second kappa shape index (κ2) is 57.4. The van der Waals surface area contributed by atoms with Crippen LogP contribution < -0.4 is 0 Å². The largest absolute Gasteiger partial charge is 0.472 e. The first-order valence-electron chi connectivity index (χ1n) is 32.0. The SMILES string of the molecule is CC/C=C\C/C=C\C/C=C\C/C=C\C/C=C\CCCC(=O)OC(COC(=O)CCCCCCCCCCCCCCCCCCCCCCCCCCCCCCCCCCCCC)COP(=O)(O)OCC[N+](C)(C)C. The van der Waals surface area contributed by atoms with Gasteiger partial charge in [-0.05, 0) is 51.4 Å². The molecule has 0 aromatic carbocycles. The summed E-state index contributed by atoms with van der Waals surface area (Å²) in [5.74, 6) is -0.857. The first-order chi connectivity index (χ1) is 37.0. The van der Waals surface area contributed by atoms with Gasteiger partial charge in [-0.1, -0.05) is 293 Å². The molecular formula is C66H123NO8P+. The Morgan fingerprint density at radius 2 is 0.750 bits per heavy atom. The van der Waals surface area contributed by atoms with E-state index in [0.29, 0.717) is 23.9 Å². The van der Waals surface area contributed by atoms with Gasteiger partial charge in [0.15, 0.2) is 6.10 Å². The Labute approximate surface area is 470 Å². The van der Waals surface area contributed by atoms with Crippen molar-refractivity contribution in [2.75, 3.05) is 47.5 Å². The smallest absolute Gasteiger partial charge is 0.462 e. The highest BCUT2D eigenvalue weighted by Crippen LogP contribution is 2.43. The lowest BCUT2D eigenvalue weighted by molar-refractivity contribution is -0.870. The lowest BCUT2D eigenvalue weighted by Gasteiger charge is -2.24. The first-order valence-corrected chi connectivity index (χ1v) is 33.5. The molecule has 0 spiro atoms. The monoisotopic (exact) mass is 1090 g/mol. The minimum absolute atomic E-state index is 0.0201. The second-order valence-electron chi connectivity index (χ2n) is 22.8. The fourth-order valence-corrected chi connectivity index (χ4v) is 9.91. The quantitative estimate of drug-likeness (QED) is 0.0211. The van der Waals surface area contributed by atoms with Gasteiger partial charge in [0.2, 0.25) is 0 Å². The minimum Gasteiger partial charge on any atom is -0.462 e. The highest BCUT2D eigenvalue weighted by atomic mass is 31.2. The van der Waals surface area contributed by atoms with Crippen molar-refractivity contribution in [3.05, 3.63) is 60.8 Å². The number of carbonyl (C=O) groups excluding carboxylic acids is 2. The van der Waals surface area contributed by atoms with E-state index in [-0.39, 0.29) is 32.0 Å². The van der Waals surface area contributed by atoms with E-state index in [1.807, 2.05) is 21.1 Å². The number of quaternary nitrogens is 1. The maximum Gasteiger partial charge on any atom is 0.472 e. The summed E-state index contributed by atoms with van der Waals surface area (Å²) in [6.45, 7) is 4.29. The van der Waals surface area contributed by atoms with Gasteiger partial charge in [0.25, 0.3) is 0 Å². The number of ether oxygens (including phenoxy) is 2. The van der Waals surface area contributed by atoms with E-state index in [4.69, 9.17) is 18.5 Å². The molecule has 76 heavy (non-hydrogen) atoms. The van der Waals surface area contributed by atoms with E-state index in [1.54, 1.807) is 0 Å². The molecule has 2 unspecified atom stereocenters. The molecule has 10 heteroatoms. The van der Waals surface area contributed by atoms with Crippen molar-refractivity contribution in [2.45, 2.75) is 302 Å². The van der Waals surface area contributed by atoms with Crippen LogP contribution in [0.5, 0.6) is 0 Å². The molecule has 0 amide bonds. The van der Waals surface area contributed by atoms with Gasteiger partial charge in [-0.15, -0.1) is 0 Å². The highest BCUT2D eigenvalue weighted by molar-refractivity contribution is 7.47. The van der Waals surface area contributed by atoms with Crippen molar-refractivity contribution < 1.29 is 42.1 Å². The predicted molar refractivity (Wildman–Crippen MR) is 326 cm³/mol. The molecule has 9 nitrogen and oxygen atoms in total. The molecule has 0 aliphatic heterocycles. The zero-order valence-corrected chi connectivity index (χ0v) is 51.4. The van der Waals surface area contributed by atoms with Crippen LogP contribution in [0.15, 0.2) is 60.8 Å². The standard InChI is InChI=1S/C66H122NO8P/c1-6-8-10-12-14-16-18-20-22-24-25-26-27-28-29-30-31-32-33-34-35-36-37-38-39-40-41-43-44-46-48-50-52-54-56-58-65(68)72-62-64(63-74-76(70,71)73-61-60-67(3,4)5)75-66(69)59-57-55-53-51-49-47-45-42-23-21-19-17-15-13-11-9-7-2/h9,11,15,17,21,23,45,47,51,53,64H,6-8,10,12-14,16,18-20,22,24-44,46,48-50,52,54-63H2,1-5H3/p+1/b11-9-,17-15-,23-21-,47-45-,53-51-. The average molecular weight is 1090 g/mol. The molecule has 0 bridgehead atoms. The summed E-state index contributed by atoms with van der Waals surface area (Å²) in [5, 5.41) is 0. The summed E-state index contributed by atoms with van der Waals surface area (Å²) in [7, 11) is 1.44. The second-order valence-corrected chi connectivity index (χ2v) is 24.2. The third-order valence-electron chi connectivity index (χ3n) is 14.1. The molecular weight excluding hydrogens is 966 g/mol. The van der Waals surface area contributed by atoms with Gasteiger partial charge in [-0.3, -0.25) is 18.6 Å². The Balaban J connectivity index is 3.98. The summed E-state index contributed by atoms with van der Waals surface area (Å²) < 4.78 is 34.5. The molecule has 0 radical (unpaired) electrons. The third-order valence-corrected chi connectivity index (χ3v) is 15.0. The normalized spacial score (nSPS) is 13.6. The molecule has 1 N–H and O–H groups in total. The molecule has 0 fully saturated rings. The van der Waals surface area contributed by atoms with Crippen molar-refractivity contribution >= 4 is 19.8 Å². The van der Waals surface area contributed by atoms with E-state index < -0.39 is 26.5 Å². The Morgan fingerprint density at radius 1 is 0.421 bits per heavy atom. The molecule has 0 aromatic heterocycles. The third kappa shape index (κ3) is 60.9. The number of phosphoric ester groups is 1. The first kappa shape index (κ1) is 73.7. The van der Waals surface area contributed by atoms with Crippen LogP contribution in [0.3, 0.4) is 0 Å². The maximum absolute atomic E-state index is 12.8. The molecule has 0 saturated heterocycles. The Bertz CT molecular complexity index is 1470. The number of rotatable bonds is 59. The average Bonchev–Trinajstić information content (AvgIpc) is 3.38. The van der Waals surface area contributed by atoms with Crippen LogP contribution in [0, 0.1) is 0 Å². The number of likely N-dealkylation sites (N-methyl/N-ethyl adjacent to an activating group) is 1. The van der Waals surface area contributed by atoms with Gasteiger partial charge in [-0.2, -0.15) is 0 Å². The summed E-state index contributed by atoms with van der Waals surface area (Å²) >= 11 is 0. The molecule has 2 atom stereocenters. The number of phosphoric acid groups is 1. The van der Waals surface area contributed by atoms with Crippen molar-refractivity contribution in [1.29, 1.82) is 0 Å². The van der Waals surface area contributed by atoms with Crippen LogP contribution in [0.4, 0.5) is 0 Å². The molecule has 0 heterocycles. The Kier molecular flexibility index (Phi) is 55.7. The van der Waals surface area contributed by atoms with Crippen LogP contribution in [-0.2, 0) is 32.7 Å². The van der Waals surface area contributed by atoms with Crippen molar-refractivity contribution in [3.63, 3.8) is 0 Å². The van der Waals surface area contributed by atoms with Crippen LogP contribution in [-0.4, -0.2) is 74.9 Å². The molecule has 0 rings (SSSR count). The number of allylic oxidation sites excluding steroid dienone is 10. The summed E-state index contributed by atoms with van der Waals surface area (Å²) in [5.41, 5.74) is 0. The van der Waals surface area contributed by atoms with E-state index in [1.165, 1.54) is 205 Å². The zero-order chi connectivity index (χ0) is 55.6. The number of hydrogen-bond acceptors (Lipinski definition) is 7. The van der Waals surface area contributed by atoms with Crippen molar-refractivity contribution in [2.24, 2.45) is 0 Å². The van der Waals surface area contributed by atoms with Crippen molar-refractivity contribution in [3.8, 4) is 0 Å². The minimum atomic E-state index is -4.40. The molecule has 0 aliphatic rings. The summed E-state index contributed by atoms with van der Waals surface area (Å²) in [6.07, 6.45) is 74.9. The van der Waals surface area contributed by atoms with E-state index in [9.17, 15) is 19.0 Å². The van der Waals surface area contributed by atoms with Crippen LogP contribution in [0.1, 0.15) is 296 Å².